The van der Waals surface area contributed by atoms with Gasteiger partial charge in [-0.3, -0.25) is 28.8 Å². The van der Waals surface area contributed by atoms with Crippen molar-refractivity contribution in [2.45, 2.75) is 154 Å². The maximum Gasteiger partial charge on any atom is 0.509 e. The number of ketones is 1. The van der Waals surface area contributed by atoms with Crippen LogP contribution in [0.5, 0.6) is 0 Å². The summed E-state index contributed by atoms with van der Waals surface area (Å²) < 4.78 is 43.3. The van der Waals surface area contributed by atoms with Gasteiger partial charge in [-0.05, 0) is 105 Å². The zero-order chi connectivity index (χ0) is 59.8. The van der Waals surface area contributed by atoms with E-state index in [1.165, 1.54) is 38.1 Å². The van der Waals surface area contributed by atoms with E-state index in [-0.39, 0.29) is 79.4 Å². The number of ether oxygens (including phenoxy) is 7. The number of rotatable bonds is 14. The molecule has 2 aliphatic heterocycles. The van der Waals surface area contributed by atoms with Gasteiger partial charge in [0.05, 0.1) is 35.0 Å². The average Bonchev–Trinajstić information content (AvgIpc) is 1.01. The van der Waals surface area contributed by atoms with Crippen LogP contribution in [0.1, 0.15) is 132 Å². The second kappa shape index (κ2) is 23.7. The highest BCUT2D eigenvalue weighted by molar-refractivity contribution is 6.02. The van der Waals surface area contributed by atoms with Gasteiger partial charge >= 0.3 is 36.0 Å². The molecule has 440 valence electrons. The molecule has 3 aromatic carbocycles. The van der Waals surface area contributed by atoms with E-state index in [1.54, 1.807) is 107 Å². The first-order valence-corrected chi connectivity index (χ1v) is 27.8. The van der Waals surface area contributed by atoms with E-state index < -0.39 is 142 Å². The maximum atomic E-state index is 15.9. The number of imide groups is 1. The van der Waals surface area contributed by atoms with Crippen LogP contribution < -0.4 is 5.32 Å². The number of allylic oxidation sites excluding steroid dienone is 1. The van der Waals surface area contributed by atoms with E-state index in [0.717, 1.165) is 6.92 Å². The summed E-state index contributed by atoms with van der Waals surface area (Å²) in [6.07, 6.45) is -8.36. The third-order valence-corrected chi connectivity index (χ3v) is 17.6. The molecule has 3 aromatic rings. The first-order chi connectivity index (χ1) is 39.4. The number of carbonyl (C=O) groups is 10. The van der Waals surface area contributed by atoms with Crippen LogP contribution >= 0.6 is 0 Å². The van der Waals surface area contributed by atoms with Crippen LogP contribution in [-0.2, 0) is 71.6 Å². The average molecular weight is 1150 g/mol. The highest BCUT2D eigenvalue weighted by Gasteiger charge is 2.76. The maximum absolute atomic E-state index is 15.9. The standard InChI is InChI=1S/C62H68N2O19/c1-34-42(31-41-49(80-55(72)39-23-15-10-16-24-39)52-61(7,43(67)32-44-62(52,33-76-44)82-36(3)66)53(70)50(77-35(2)65)47(34)59(41,4)5)79-56(73)51(48(37-19-11-8-12-20-37)63-54(71)38-21-13-9-14-22-38)81-58(75)78-40-25-17-18-29-60(6,30-28-40)57(74)83-64-45(68)26-27-46(64)69/h8-17,19-25,40-44,48-52,67H,18,26-33H2,1-7H3,(H,63,71)/b25-17+/t40-,41-,42-,43-,44+,48-,49+,50+,51+,52-,60+,61+,62-/m0/s1. The molecule has 0 radical (unpaired) electrons. The second-order valence-corrected chi connectivity index (χ2v) is 23.2. The Hall–Kier alpha value is -8.04. The molecule has 2 saturated carbocycles. The molecular weight excluding hydrogens is 1080 g/mol. The topological polar surface area (TPSA) is 280 Å². The summed E-state index contributed by atoms with van der Waals surface area (Å²) in [7, 11) is 0. The van der Waals surface area contributed by atoms with E-state index in [0.29, 0.717) is 11.5 Å². The fourth-order valence-corrected chi connectivity index (χ4v) is 13.1. The molecule has 0 unspecified atom stereocenters. The Balaban J connectivity index is 1.11. The number of hydrogen-bond acceptors (Lipinski definition) is 19. The summed E-state index contributed by atoms with van der Waals surface area (Å²) in [5.74, 6) is -9.71. The van der Waals surface area contributed by atoms with Crippen molar-refractivity contribution >= 4 is 59.5 Å². The quantitative estimate of drug-likeness (QED) is 0.0719. The Morgan fingerprint density at radius 3 is 1.99 bits per heavy atom. The van der Waals surface area contributed by atoms with Crippen LogP contribution in [0.15, 0.2) is 114 Å². The zero-order valence-electron chi connectivity index (χ0n) is 47.2. The van der Waals surface area contributed by atoms with Crippen molar-refractivity contribution in [1.82, 2.24) is 10.4 Å². The SMILES string of the molecule is CC(=O)O[C@H]1C(=O)[C@@]2(C)[C@H]([C@H](OC(=O)c3ccccc3)[C@@H]3C[C@H](OC(=O)[C@H](OC(=O)O[C@H]4/C=C/CC[C@@](C)(C(=O)ON5C(=O)CCC5=O)CC4)[C@@H](NC(=O)c4ccccc4)c4ccccc4)C(C)=C1C3(C)C)[C@]1(OC(C)=O)CO[C@@H]1C[C@@H]2O. The molecule has 2 saturated heterocycles. The summed E-state index contributed by atoms with van der Waals surface area (Å²) >= 11 is 0. The van der Waals surface area contributed by atoms with Gasteiger partial charge < -0.3 is 48.4 Å². The number of Topliss-reactive ketones (excluding diaryl/α,β-unsaturated/α-hetero) is 1. The predicted molar refractivity (Wildman–Crippen MR) is 288 cm³/mol. The summed E-state index contributed by atoms with van der Waals surface area (Å²) in [5, 5.41) is 15.6. The molecule has 3 amide bonds. The third-order valence-electron chi connectivity index (χ3n) is 17.6. The number of amides is 3. The molecule has 21 heteroatoms. The summed E-state index contributed by atoms with van der Waals surface area (Å²) in [6.45, 7) is 10.2. The lowest BCUT2D eigenvalue weighted by molar-refractivity contribution is -0.335. The zero-order valence-corrected chi connectivity index (χ0v) is 47.2. The summed E-state index contributed by atoms with van der Waals surface area (Å²) in [5.41, 5.74) is -5.23. The van der Waals surface area contributed by atoms with Gasteiger partial charge in [0.2, 0.25) is 6.10 Å². The molecule has 21 nitrogen and oxygen atoms in total. The van der Waals surface area contributed by atoms with Gasteiger partial charge in [0.15, 0.2) is 17.5 Å². The monoisotopic (exact) mass is 1140 g/mol. The molecule has 9 rings (SSSR count). The molecule has 0 spiro atoms. The smallest absolute Gasteiger partial charge is 0.458 e. The van der Waals surface area contributed by atoms with Crippen LogP contribution in [0, 0.1) is 28.1 Å². The fraction of sp³-hybridized carbons (Fsp3) is 0.484. The molecule has 83 heavy (non-hydrogen) atoms. The normalized spacial score (nSPS) is 31.0. The Labute approximate surface area is 479 Å². The number of carbonyl (C=O) groups excluding carboxylic acids is 10. The minimum Gasteiger partial charge on any atom is -0.458 e. The molecule has 2 N–H and O–H groups in total. The van der Waals surface area contributed by atoms with E-state index in [9.17, 15) is 43.5 Å². The molecule has 2 heterocycles. The fourth-order valence-electron chi connectivity index (χ4n) is 13.1. The number of aliphatic hydroxyl groups excluding tert-OH is 1. The molecule has 4 aliphatic carbocycles. The largest absolute Gasteiger partial charge is 0.509 e. The summed E-state index contributed by atoms with van der Waals surface area (Å²) in [6, 6.07) is 22.7. The van der Waals surface area contributed by atoms with Crippen LogP contribution in [0.4, 0.5) is 4.79 Å². The Kier molecular flexibility index (Phi) is 17.0. The van der Waals surface area contributed by atoms with Crippen LogP contribution in [0.3, 0.4) is 0 Å². The lowest BCUT2D eigenvalue weighted by Crippen LogP contribution is -2.79. The predicted octanol–water partition coefficient (Wildman–Crippen LogP) is 6.89. The van der Waals surface area contributed by atoms with Gasteiger partial charge in [-0.25, -0.2) is 19.2 Å². The Bertz CT molecular complexity index is 3110. The number of hydrogen-bond donors (Lipinski definition) is 2. The molecule has 6 aliphatic rings. The van der Waals surface area contributed by atoms with Crippen LogP contribution in [0.25, 0.3) is 0 Å². The number of nitrogens with one attached hydrogen (secondary N) is 1. The molecule has 4 fully saturated rings. The number of fused-ring (bicyclic) bond motifs is 5. The van der Waals surface area contributed by atoms with Crippen molar-refractivity contribution in [2.24, 2.45) is 28.1 Å². The Morgan fingerprint density at radius 2 is 1.39 bits per heavy atom. The van der Waals surface area contributed by atoms with Gasteiger partial charge in [-0.2, -0.15) is 0 Å². The number of hydroxylamine groups is 2. The van der Waals surface area contributed by atoms with Gasteiger partial charge in [-0.1, -0.05) is 86.7 Å². The molecular formula is C62H68N2O19. The van der Waals surface area contributed by atoms with Crippen LogP contribution in [0.2, 0.25) is 0 Å². The number of esters is 4. The lowest BCUT2D eigenvalue weighted by Gasteiger charge is -2.66. The van der Waals surface area contributed by atoms with Crippen molar-refractivity contribution in [2.75, 3.05) is 6.61 Å². The van der Waals surface area contributed by atoms with E-state index in [2.05, 4.69) is 5.32 Å². The molecule has 2 bridgehead atoms. The minimum absolute atomic E-state index is 0.00793. The van der Waals surface area contributed by atoms with E-state index in [4.69, 9.17) is 38.0 Å². The van der Waals surface area contributed by atoms with Crippen molar-refractivity contribution in [3.63, 3.8) is 0 Å². The van der Waals surface area contributed by atoms with Crippen molar-refractivity contribution in [3.8, 4) is 0 Å². The third kappa shape index (κ3) is 11.6. The first kappa shape index (κ1) is 59.6. The van der Waals surface area contributed by atoms with E-state index >= 15 is 9.59 Å². The first-order valence-electron chi connectivity index (χ1n) is 27.8. The number of aliphatic hydroxyl groups is 1. The van der Waals surface area contributed by atoms with Crippen molar-refractivity contribution < 1.29 is 91.0 Å². The molecule has 0 aromatic heterocycles. The minimum atomic E-state index is -2.06. The van der Waals surface area contributed by atoms with Gasteiger partial charge in [0.1, 0.15) is 30.5 Å². The second-order valence-electron chi connectivity index (χ2n) is 23.2. The van der Waals surface area contributed by atoms with Gasteiger partial charge in [0, 0.05) is 44.6 Å². The van der Waals surface area contributed by atoms with Crippen LogP contribution in [-0.4, -0.2) is 125 Å². The van der Waals surface area contributed by atoms with Gasteiger partial charge in [0.25, 0.3) is 17.7 Å². The number of benzene rings is 3. The highest BCUT2D eigenvalue weighted by Crippen LogP contribution is 2.63. The lowest BCUT2D eigenvalue weighted by atomic mass is 9.46. The molecule has 13 atom stereocenters. The summed E-state index contributed by atoms with van der Waals surface area (Å²) in [4.78, 5) is 145. The highest BCUT2D eigenvalue weighted by atomic mass is 16.7. The number of nitrogens with zero attached hydrogens (tertiary/aromatic N) is 1. The van der Waals surface area contributed by atoms with Crippen molar-refractivity contribution in [1.29, 1.82) is 0 Å². The van der Waals surface area contributed by atoms with Crippen molar-refractivity contribution in [3.05, 3.63) is 131 Å². The Morgan fingerprint density at radius 1 is 0.759 bits per heavy atom. The van der Waals surface area contributed by atoms with Gasteiger partial charge in [-0.15, -0.1) is 5.06 Å². The van der Waals surface area contributed by atoms with E-state index in [1.807, 2.05) is 0 Å².